The lowest BCUT2D eigenvalue weighted by Crippen LogP contribution is -2.38. The highest BCUT2D eigenvalue weighted by atomic mass is 16.5. The molecule has 0 aliphatic carbocycles. The molecule has 1 unspecified atom stereocenters. The van der Waals surface area contributed by atoms with Crippen LogP contribution in [0.2, 0.25) is 0 Å². The zero-order valence-corrected chi connectivity index (χ0v) is 14.1. The molecule has 1 saturated heterocycles. The van der Waals surface area contributed by atoms with E-state index in [4.69, 9.17) is 4.74 Å². The van der Waals surface area contributed by atoms with Crippen LogP contribution < -0.4 is 15.4 Å². The summed E-state index contributed by atoms with van der Waals surface area (Å²) in [7, 11) is 3.52. The van der Waals surface area contributed by atoms with E-state index in [1.165, 1.54) is 0 Å². The first-order valence-corrected chi connectivity index (χ1v) is 8.17. The van der Waals surface area contributed by atoms with Crippen LogP contribution in [0, 0.1) is 0 Å². The number of benzene rings is 2. The van der Waals surface area contributed by atoms with Crippen LogP contribution in [0.4, 0.5) is 11.4 Å². The number of likely N-dealkylation sites (N-methyl/N-ethyl adjacent to an activating group) is 1. The fourth-order valence-corrected chi connectivity index (χ4v) is 2.93. The van der Waals surface area contributed by atoms with E-state index in [0.29, 0.717) is 5.56 Å². The summed E-state index contributed by atoms with van der Waals surface area (Å²) < 4.78 is 5.18. The van der Waals surface area contributed by atoms with E-state index in [-0.39, 0.29) is 11.9 Å². The third-order valence-electron chi connectivity index (χ3n) is 4.43. The van der Waals surface area contributed by atoms with Gasteiger partial charge in [0.1, 0.15) is 5.75 Å². The largest absolute Gasteiger partial charge is 0.497 e. The van der Waals surface area contributed by atoms with Gasteiger partial charge < -0.3 is 20.3 Å². The Morgan fingerprint density at radius 1 is 1.21 bits per heavy atom. The second kappa shape index (κ2) is 7.36. The van der Waals surface area contributed by atoms with E-state index in [0.717, 1.165) is 36.6 Å². The van der Waals surface area contributed by atoms with Crippen molar-refractivity contribution in [2.45, 2.75) is 12.5 Å². The van der Waals surface area contributed by atoms with E-state index < -0.39 is 0 Å². The first-order valence-electron chi connectivity index (χ1n) is 8.17. The molecule has 1 heterocycles. The van der Waals surface area contributed by atoms with Gasteiger partial charge in [0.2, 0.25) is 0 Å². The number of carbonyl (C=O) groups excluding carboxylic acids is 1. The zero-order chi connectivity index (χ0) is 16.9. The van der Waals surface area contributed by atoms with Crippen LogP contribution >= 0.6 is 0 Å². The maximum absolute atomic E-state index is 12.9. The highest BCUT2D eigenvalue weighted by Gasteiger charge is 2.25. The Balaban J connectivity index is 1.80. The molecule has 0 bridgehead atoms. The lowest BCUT2D eigenvalue weighted by molar-refractivity contribution is 0.0745. The molecule has 2 aromatic rings. The molecule has 5 heteroatoms. The summed E-state index contributed by atoms with van der Waals surface area (Å²) in [6.45, 7) is 1.82. The maximum atomic E-state index is 12.9. The Labute approximate surface area is 142 Å². The summed E-state index contributed by atoms with van der Waals surface area (Å²) in [6.07, 6.45) is 0.996. The second-order valence-corrected chi connectivity index (χ2v) is 5.96. The fraction of sp³-hybridized carbons (Fsp3) is 0.316. The number of para-hydroxylation sites is 1. The number of nitrogens with one attached hydrogen (secondary N) is 2. The van der Waals surface area contributed by atoms with Crippen LogP contribution in [0.15, 0.2) is 48.5 Å². The summed E-state index contributed by atoms with van der Waals surface area (Å²) in [6, 6.07) is 15.5. The Morgan fingerprint density at radius 2 is 1.96 bits per heavy atom. The molecule has 0 aromatic heterocycles. The zero-order valence-electron chi connectivity index (χ0n) is 14.1. The monoisotopic (exact) mass is 325 g/mol. The Morgan fingerprint density at radius 3 is 2.62 bits per heavy atom. The molecule has 2 N–H and O–H groups in total. The number of rotatable bonds is 5. The van der Waals surface area contributed by atoms with Crippen molar-refractivity contribution < 1.29 is 9.53 Å². The van der Waals surface area contributed by atoms with Crippen molar-refractivity contribution in [3.05, 3.63) is 54.1 Å². The van der Waals surface area contributed by atoms with Gasteiger partial charge in [-0.3, -0.25) is 4.79 Å². The number of amides is 1. The average Bonchev–Trinajstić information content (AvgIpc) is 3.16. The first kappa shape index (κ1) is 16.3. The van der Waals surface area contributed by atoms with Crippen molar-refractivity contribution in [1.29, 1.82) is 0 Å². The number of methoxy groups -OCH3 is 1. The predicted molar refractivity (Wildman–Crippen MR) is 96.1 cm³/mol. The highest BCUT2D eigenvalue weighted by molar-refractivity contribution is 6.00. The van der Waals surface area contributed by atoms with Crippen molar-refractivity contribution in [1.82, 2.24) is 10.2 Å². The van der Waals surface area contributed by atoms with Gasteiger partial charge >= 0.3 is 0 Å². The van der Waals surface area contributed by atoms with E-state index in [9.17, 15) is 4.79 Å². The van der Waals surface area contributed by atoms with Gasteiger partial charge in [0.25, 0.3) is 5.91 Å². The molecule has 24 heavy (non-hydrogen) atoms. The predicted octanol–water partition coefficient (Wildman–Crippen LogP) is 2.87. The van der Waals surface area contributed by atoms with Crippen LogP contribution in [-0.2, 0) is 0 Å². The van der Waals surface area contributed by atoms with E-state index in [2.05, 4.69) is 10.6 Å². The van der Waals surface area contributed by atoms with Gasteiger partial charge in [-0.1, -0.05) is 12.1 Å². The van der Waals surface area contributed by atoms with Crippen molar-refractivity contribution in [3.8, 4) is 5.75 Å². The summed E-state index contributed by atoms with van der Waals surface area (Å²) in [4.78, 5) is 14.7. The van der Waals surface area contributed by atoms with Gasteiger partial charge in [0.15, 0.2) is 0 Å². The molecule has 1 aliphatic rings. The number of hydrogen-bond donors (Lipinski definition) is 2. The third-order valence-corrected chi connectivity index (χ3v) is 4.43. The van der Waals surface area contributed by atoms with Crippen LogP contribution in [0.3, 0.4) is 0 Å². The van der Waals surface area contributed by atoms with Gasteiger partial charge in [-0.2, -0.15) is 0 Å². The molecule has 1 fully saturated rings. The summed E-state index contributed by atoms with van der Waals surface area (Å²) in [5.74, 6) is 0.846. The number of anilines is 2. The van der Waals surface area contributed by atoms with Crippen LogP contribution in [0.5, 0.6) is 5.75 Å². The molecule has 5 nitrogen and oxygen atoms in total. The molecule has 0 spiro atoms. The number of hydrogen-bond acceptors (Lipinski definition) is 4. The molecule has 1 aliphatic heterocycles. The maximum Gasteiger partial charge on any atom is 0.255 e. The van der Waals surface area contributed by atoms with Gasteiger partial charge in [0.05, 0.1) is 18.4 Å². The van der Waals surface area contributed by atoms with Crippen LogP contribution in [0.25, 0.3) is 0 Å². The Kier molecular flexibility index (Phi) is 5.01. The summed E-state index contributed by atoms with van der Waals surface area (Å²) in [5.41, 5.74) is 2.41. The molecule has 1 atom stereocenters. The van der Waals surface area contributed by atoms with Gasteiger partial charge in [0, 0.05) is 25.3 Å². The van der Waals surface area contributed by atoms with E-state index >= 15 is 0 Å². The highest BCUT2D eigenvalue weighted by Crippen LogP contribution is 2.24. The number of ether oxygens (including phenoxy) is 1. The van der Waals surface area contributed by atoms with Crippen molar-refractivity contribution in [3.63, 3.8) is 0 Å². The normalized spacial score (nSPS) is 16.7. The molecule has 3 rings (SSSR count). The molecule has 0 radical (unpaired) electrons. The average molecular weight is 325 g/mol. The number of carbonyl (C=O) groups is 1. The molecular formula is C19H23N3O2. The van der Waals surface area contributed by atoms with Gasteiger partial charge in [-0.05, 0) is 49.4 Å². The molecule has 126 valence electrons. The summed E-state index contributed by atoms with van der Waals surface area (Å²) >= 11 is 0. The SMILES string of the molecule is COc1ccc(Nc2ccccc2C(=O)N(C)C2CCNC2)cc1. The van der Waals surface area contributed by atoms with E-state index in [1.54, 1.807) is 7.11 Å². The minimum atomic E-state index is 0.0420. The van der Waals surface area contributed by atoms with Crippen LogP contribution in [-0.4, -0.2) is 44.1 Å². The second-order valence-electron chi connectivity index (χ2n) is 5.96. The van der Waals surface area contributed by atoms with Gasteiger partial charge in [-0.25, -0.2) is 0 Å². The number of nitrogens with zero attached hydrogens (tertiary/aromatic N) is 1. The molecule has 0 saturated carbocycles. The minimum Gasteiger partial charge on any atom is -0.497 e. The van der Waals surface area contributed by atoms with E-state index in [1.807, 2.05) is 60.5 Å². The third kappa shape index (κ3) is 3.51. The molecular weight excluding hydrogens is 302 g/mol. The van der Waals surface area contributed by atoms with Crippen molar-refractivity contribution >= 4 is 17.3 Å². The molecule has 1 amide bonds. The van der Waals surface area contributed by atoms with Crippen LogP contribution in [0.1, 0.15) is 16.8 Å². The lowest BCUT2D eigenvalue weighted by atomic mass is 10.1. The van der Waals surface area contributed by atoms with Crippen molar-refractivity contribution in [2.75, 3.05) is 32.6 Å². The molecule has 2 aromatic carbocycles. The minimum absolute atomic E-state index is 0.0420. The quantitative estimate of drug-likeness (QED) is 0.887. The van der Waals surface area contributed by atoms with Crippen molar-refractivity contribution in [2.24, 2.45) is 0 Å². The lowest BCUT2D eigenvalue weighted by Gasteiger charge is -2.25. The Hall–Kier alpha value is -2.53. The topological polar surface area (TPSA) is 53.6 Å². The summed E-state index contributed by atoms with van der Waals surface area (Å²) in [5, 5.41) is 6.63. The standard InChI is InChI=1S/C19H23N3O2/c1-22(15-11-12-20-13-15)19(23)17-5-3-4-6-18(17)21-14-7-9-16(24-2)10-8-14/h3-10,15,20-21H,11-13H2,1-2H3. The fourth-order valence-electron chi connectivity index (χ4n) is 2.93. The van der Waals surface area contributed by atoms with Gasteiger partial charge in [-0.15, -0.1) is 0 Å². The smallest absolute Gasteiger partial charge is 0.255 e. The Bertz CT molecular complexity index is 694. The first-order chi connectivity index (χ1) is 11.7.